The van der Waals surface area contributed by atoms with Gasteiger partial charge in [-0.05, 0) is 46.2 Å². The first-order valence-corrected chi connectivity index (χ1v) is 18.4. The molecule has 0 unspecified atom stereocenters. The van der Waals surface area contributed by atoms with Crippen LogP contribution in [0.3, 0.4) is 0 Å². The molecule has 13 heteroatoms. The van der Waals surface area contributed by atoms with Crippen molar-refractivity contribution in [3.8, 4) is 16.8 Å². The van der Waals surface area contributed by atoms with Crippen LogP contribution in [0.5, 0.6) is 0 Å². The molecule has 0 aliphatic carbocycles. The molecule has 9 rings (SSSR count). The van der Waals surface area contributed by atoms with E-state index in [1.165, 1.54) is 0 Å². The van der Waals surface area contributed by atoms with Gasteiger partial charge in [-0.3, -0.25) is 4.99 Å². The monoisotopic (exact) mass is 724 g/mol. The molecule has 58 heavy (non-hydrogen) atoms. The first-order chi connectivity index (χ1) is 28.0. The topological polar surface area (TPSA) is 68.8 Å². The molecule has 5 nitrogen and oxygen atoms in total. The molecule has 0 spiro atoms. The Hall–Kier alpha value is -6.20. The van der Waals surface area contributed by atoms with Gasteiger partial charge in [-0.2, -0.15) is 0 Å². The summed E-state index contributed by atoms with van der Waals surface area (Å²) in [5.41, 5.74) is 15.2. The summed E-state index contributed by atoms with van der Waals surface area (Å²) in [5, 5.41) is 2.75. The molecule has 0 fully saturated rings. The maximum absolute atomic E-state index is 6.77. The van der Waals surface area contributed by atoms with Crippen molar-refractivity contribution < 1.29 is 4.42 Å². The molecule has 16 radical (unpaired) electrons. The van der Waals surface area contributed by atoms with Crippen LogP contribution in [0.2, 0.25) is 0 Å². The summed E-state index contributed by atoms with van der Waals surface area (Å²) >= 11 is 0. The van der Waals surface area contributed by atoms with Crippen molar-refractivity contribution in [1.82, 2.24) is 4.57 Å². The number of furan rings is 1. The van der Waals surface area contributed by atoms with E-state index in [2.05, 4.69) is 6.07 Å². The number of aromatic nitrogens is 1. The smallest absolute Gasteiger partial charge is 0.157 e. The first-order valence-electron chi connectivity index (χ1n) is 18.4. The van der Waals surface area contributed by atoms with Crippen molar-refractivity contribution in [3.05, 3.63) is 138 Å². The molecule has 0 saturated heterocycles. The van der Waals surface area contributed by atoms with E-state index in [4.69, 9.17) is 82.9 Å². The average Bonchev–Trinajstić information content (AvgIpc) is 3.82. The number of rotatable bonds is 6. The fraction of sp³-hybridized carbons (Fsp3) is 0.0222. The molecule has 0 atom stereocenters. The predicted octanol–water partition coefficient (Wildman–Crippen LogP) is 1.05. The van der Waals surface area contributed by atoms with Crippen LogP contribution in [0.1, 0.15) is 16.7 Å². The van der Waals surface area contributed by atoms with Crippen LogP contribution in [0.15, 0.2) is 136 Å². The van der Waals surface area contributed by atoms with E-state index >= 15 is 0 Å². The van der Waals surface area contributed by atoms with Gasteiger partial charge in [-0.15, -0.1) is 21.9 Å². The van der Waals surface area contributed by atoms with Crippen LogP contribution >= 0.6 is 0 Å². The van der Waals surface area contributed by atoms with Crippen molar-refractivity contribution in [2.45, 2.75) is 6.54 Å². The summed E-state index contributed by atoms with van der Waals surface area (Å²) in [6.07, 6.45) is 0. The number of nitrogens with zero attached hydrogens (tertiary/aromatic N) is 3. The lowest BCUT2D eigenvalue weighted by Crippen LogP contribution is -2.49. The fourth-order valence-electron chi connectivity index (χ4n) is 7.79. The molecule has 0 aliphatic rings. The van der Waals surface area contributed by atoms with E-state index in [-0.39, 0.29) is 43.7 Å². The molecule has 0 saturated carbocycles. The standard InChI is InChI=1S/C45H24B8N4O/c46-34-32-33-35(47)37(49)39(51)41(53)43(33)57(42(32)40(52)38(50)36(34)48)28-16-8-7-15-26(28)24-18-19-29-27(20-24)31-25(14-9-17-30(31)58-29)21-55-45(23-12-5-2-6-13-23)56-44(54)22-10-3-1-4-11-22/h1-20H,21H2,(H2,54,55,56). The first kappa shape index (κ1) is 37.4. The molecule has 2 aromatic heterocycles. The molecule has 0 amide bonds. The molecule has 2 heterocycles. The number of hydrogen-bond donors (Lipinski definition) is 1. The third-order valence-corrected chi connectivity index (χ3v) is 10.7. The Morgan fingerprint density at radius 3 is 1.74 bits per heavy atom. The van der Waals surface area contributed by atoms with Gasteiger partial charge in [-0.25, -0.2) is 4.99 Å². The van der Waals surface area contributed by atoms with Crippen molar-refractivity contribution in [3.63, 3.8) is 0 Å². The average molecular weight is 723 g/mol. The molecule has 254 valence electrons. The highest BCUT2D eigenvalue weighted by molar-refractivity contribution is 6.71. The van der Waals surface area contributed by atoms with Gasteiger partial charge in [0.05, 0.1) is 12.2 Å². The quantitative estimate of drug-likeness (QED) is 0.159. The van der Waals surface area contributed by atoms with Crippen LogP contribution in [0.25, 0.3) is 60.6 Å². The Balaban J connectivity index is 1.24. The second-order valence-electron chi connectivity index (χ2n) is 14.1. The minimum absolute atomic E-state index is 0.130. The van der Waals surface area contributed by atoms with E-state index in [1.807, 2.05) is 120 Å². The Kier molecular flexibility index (Phi) is 9.43. The number of aliphatic imine (C=N–C) groups is 2. The van der Waals surface area contributed by atoms with E-state index in [1.54, 1.807) is 0 Å². The molecule has 0 aliphatic heterocycles. The van der Waals surface area contributed by atoms with Gasteiger partial charge >= 0.3 is 0 Å². The van der Waals surface area contributed by atoms with Crippen molar-refractivity contribution >= 4 is 162 Å². The second-order valence-corrected chi connectivity index (χ2v) is 14.1. The van der Waals surface area contributed by atoms with Crippen LogP contribution in [0, 0.1) is 0 Å². The number of benzene rings is 7. The van der Waals surface area contributed by atoms with E-state index in [0.29, 0.717) is 51.3 Å². The Morgan fingerprint density at radius 1 is 0.534 bits per heavy atom. The van der Waals surface area contributed by atoms with Gasteiger partial charge < -0.3 is 14.7 Å². The highest BCUT2D eigenvalue weighted by atomic mass is 16.3. The summed E-state index contributed by atoms with van der Waals surface area (Å²) in [6, 6.07) is 39.2. The van der Waals surface area contributed by atoms with Crippen molar-refractivity contribution in [1.29, 1.82) is 0 Å². The summed E-state index contributed by atoms with van der Waals surface area (Å²) in [5.74, 6) is 0.880. The largest absolute Gasteiger partial charge is 0.456 e. The zero-order valence-electron chi connectivity index (χ0n) is 31.2. The number of para-hydroxylation sites is 1. The van der Waals surface area contributed by atoms with Gasteiger partial charge in [0.15, 0.2) is 5.84 Å². The maximum atomic E-state index is 6.77. The minimum atomic E-state index is 0.130. The van der Waals surface area contributed by atoms with Gasteiger partial charge in [0.1, 0.15) is 79.8 Å². The van der Waals surface area contributed by atoms with E-state index in [9.17, 15) is 0 Å². The summed E-state index contributed by atoms with van der Waals surface area (Å²) < 4.78 is 8.29. The Bertz CT molecular complexity index is 3120. The normalized spacial score (nSPS) is 12.3. The number of amidine groups is 2. The highest BCUT2D eigenvalue weighted by Crippen LogP contribution is 2.38. The van der Waals surface area contributed by atoms with Crippen LogP contribution < -0.4 is 49.4 Å². The fourth-order valence-corrected chi connectivity index (χ4v) is 7.79. The van der Waals surface area contributed by atoms with Gasteiger partial charge in [0, 0.05) is 38.5 Å². The highest BCUT2D eigenvalue weighted by Gasteiger charge is 2.24. The Labute approximate surface area is 346 Å². The SMILES string of the molecule is [B]c1c([B])c([B])c2c(c1[B])c1c([B])c([B])c([B])c([B])c1n2-c1ccccc1-c1ccc2oc3cccc(CN=C(N=C(N)c4ccccc4)c4ccccc4)c3c2c1. The summed E-state index contributed by atoms with van der Waals surface area (Å²) in [6.45, 7) is 0.306. The van der Waals surface area contributed by atoms with Gasteiger partial charge in [0.2, 0.25) is 0 Å². The maximum Gasteiger partial charge on any atom is 0.157 e. The molecule has 2 N–H and O–H groups in total. The van der Waals surface area contributed by atoms with Crippen LogP contribution in [0.4, 0.5) is 0 Å². The second kappa shape index (κ2) is 14.6. The lowest BCUT2D eigenvalue weighted by molar-refractivity contribution is 0.668. The molecule has 0 bridgehead atoms. The van der Waals surface area contributed by atoms with Crippen molar-refractivity contribution in [2.24, 2.45) is 15.7 Å². The van der Waals surface area contributed by atoms with Crippen LogP contribution in [-0.4, -0.2) is 79.0 Å². The van der Waals surface area contributed by atoms with E-state index in [0.717, 1.165) is 44.2 Å². The number of hydrogen-bond acceptors (Lipinski definition) is 2. The third-order valence-electron chi connectivity index (χ3n) is 10.7. The summed E-state index contributed by atoms with van der Waals surface area (Å²) in [7, 11) is 52.6. The predicted molar refractivity (Wildman–Crippen MR) is 250 cm³/mol. The third kappa shape index (κ3) is 5.98. The Morgan fingerprint density at radius 2 is 1.10 bits per heavy atom. The van der Waals surface area contributed by atoms with Gasteiger partial charge in [-0.1, -0.05) is 119 Å². The zero-order chi connectivity index (χ0) is 40.4. The lowest BCUT2D eigenvalue weighted by atomic mass is 9.63. The number of nitrogens with two attached hydrogens (primary N) is 1. The van der Waals surface area contributed by atoms with Crippen molar-refractivity contribution in [2.75, 3.05) is 0 Å². The zero-order valence-corrected chi connectivity index (χ0v) is 31.2. The molecule has 9 aromatic rings. The molecule has 7 aromatic carbocycles. The number of fused-ring (bicyclic) bond motifs is 6. The van der Waals surface area contributed by atoms with Crippen LogP contribution in [-0.2, 0) is 6.54 Å². The van der Waals surface area contributed by atoms with Gasteiger partial charge in [0.25, 0.3) is 0 Å². The lowest BCUT2D eigenvalue weighted by Gasteiger charge is -2.20. The van der Waals surface area contributed by atoms with E-state index < -0.39 is 0 Å². The summed E-state index contributed by atoms with van der Waals surface area (Å²) in [4.78, 5) is 9.82. The minimum Gasteiger partial charge on any atom is -0.456 e. The molecular weight excluding hydrogens is 699 g/mol. The molecular formula is C45H24B8N4O.